The van der Waals surface area contributed by atoms with Crippen molar-refractivity contribution in [3.8, 4) is 0 Å². The van der Waals surface area contributed by atoms with E-state index >= 15 is 0 Å². The molecule has 7 nitrogen and oxygen atoms in total. The quantitative estimate of drug-likeness (QED) is 0.331. The van der Waals surface area contributed by atoms with E-state index in [1.54, 1.807) is 12.2 Å². The van der Waals surface area contributed by atoms with Gasteiger partial charge in [-0.2, -0.15) is 0 Å². The summed E-state index contributed by atoms with van der Waals surface area (Å²) in [7, 11) is 0. The number of rotatable bonds is 9. The van der Waals surface area contributed by atoms with Crippen LogP contribution in [0.4, 0.5) is 0 Å². The molecule has 4 N–H and O–H groups in total. The molecule has 1 heterocycles. The van der Waals surface area contributed by atoms with E-state index in [1.807, 2.05) is 6.92 Å². The number of hydrogen-bond donors (Lipinski definition) is 4. The Morgan fingerprint density at radius 3 is 2.86 bits per heavy atom. The van der Waals surface area contributed by atoms with E-state index < -0.39 is 30.6 Å². The van der Waals surface area contributed by atoms with Gasteiger partial charge in [0.05, 0.1) is 31.5 Å². The summed E-state index contributed by atoms with van der Waals surface area (Å²) in [6.45, 7) is 1.74. The smallest absolute Gasteiger partial charge is 0.207 e. The number of aliphatic hydroxyl groups excluding tert-OH is 3. The van der Waals surface area contributed by atoms with Crippen LogP contribution in [0.2, 0.25) is 0 Å². The molecular formula is C14H25NO6. The number of nitrogens with one attached hydrogen (secondary N) is 1. The Morgan fingerprint density at radius 1 is 1.48 bits per heavy atom. The molecule has 0 radical (unpaired) electrons. The molecule has 1 rings (SSSR count). The summed E-state index contributed by atoms with van der Waals surface area (Å²) in [6, 6.07) is -0.576. The highest BCUT2D eigenvalue weighted by Crippen LogP contribution is 2.20. The van der Waals surface area contributed by atoms with Gasteiger partial charge in [0, 0.05) is 6.42 Å². The van der Waals surface area contributed by atoms with E-state index in [2.05, 4.69) is 5.32 Å². The van der Waals surface area contributed by atoms with Gasteiger partial charge in [-0.3, -0.25) is 4.79 Å². The third-order valence-corrected chi connectivity index (χ3v) is 3.36. The van der Waals surface area contributed by atoms with Crippen LogP contribution >= 0.6 is 0 Å². The molecule has 1 aliphatic rings. The molecule has 1 aliphatic heterocycles. The number of carbonyl (C=O) groups excluding carboxylic acids is 1. The lowest BCUT2D eigenvalue weighted by Crippen LogP contribution is -2.46. The van der Waals surface area contributed by atoms with Crippen molar-refractivity contribution in [3.05, 3.63) is 12.2 Å². The van der Waals surface area contributed by atoms with Gasteiger partial charge >= 0.3 is 0 Å². The van der Waals surface area contributed by atoms with Crippen molar-refractivity contribution in [2.45, 2.75) is 56.8 Å². The average molecular weight is 303 g/mol. The Bertz CT molecular complexity index is 325. The number of allylic oxidation sites excluding steroid dienone is 1. The van der Waals surface area contributed by atoms with Crippen LogP contribution in [-0.2, 0) is 14.3 Å². The molecule has 1 fully saturated rings. The predicted molar refractivity (Wildman–Crippen MR) is 75.4 cm³/mol. The minimum absolute atomic E-state index is 0.0763. The molecule has 0 aliphatic carbocycles. The third kappa shape index (κ3) is 6.11. The summed E-state index contributed by atoms with van der Waals surface area (Å²) >= 11 is 0. The highest BCUT2D eigenvalue weighted by Gasteiger charge is 2.30. The minimum Gasteiger partial charge on any atom is -0.394 e. The molecule has 3 unspecified atom stereocenters. The first kappa shape index (κ1) is 18.1. The molecule has 0 aromatic rings. The Labute approximate surface area is 124 Å². The molecule has 5 atom stereocenters. The van der Waals surface area contributed by atoms with E-state index in [4.69, 9.17) is 14.6 Å². The standard InChI is InChI=1S/C14H25NO6/c1-2-3-4-11(18)10(15-9-17)8-20-14-6-5-12(19)13(7-16)21-14/h3-4,9-14,16,18-19H,2,5-8H2,1H3,(H,15,17)/t10?,11?,12-,13?,14+/m1/s1. The van der Waals surface area contributed by atoms with E-state index in [0.29, 0.717) is 19.3 Å². The van der Waals surface area contributed by atoms with Gasteiger partial charge in [0.25, 0.3) is 0 Å². The Hall–Kier alpha value is -0.990. The van der Waals surface area contributed by atoms with Crippen molar-refractivity contribution < 1.29 is 29.6 Å². The summed E-state index contributed by atoms with van der Waals surface area (Å²) in [6.07, 6.45) is 2.90. The molecular weight excluding hydrogens is 278 g/mol. The molecule has 0 saturated carbocycles. The highest BCUT2D eigenvalue weighted by atomic mass is 16.7. The monoisotopic (exact) mass is 303 g/mol. The second-order valence-corrected chi connectivity index (χ2v) is 4.98. The first-order valence-corrected chi connectivity index (χ1v) is 7.22. The summed E-state index contributed by atoms with van der Waals surface area (Å²) < 4.78 is 10.9. The highest BCUT2D eigenvalue weighted by molar-refractivity contribution is 5.47. The van der Waals surface area contributed by atoms with Crippen LogP contribution in [0, 0.1) is 0 Å². The molecule has 7 heteroatoms. The zero-order chi connectivity index (χ0) is 15.7. The van der Waals surface area contributed by atoms with Crippen molar-refractivity contribution in [3.63, 3.8) is 0 Å². The molecule has 21 heavy (non-hydrogen) atoms. The molecule has 0 aromatic heterocycles. The fraction of sp³-hybridized carbons (Fsp3) is 0.786. The number of ether oxygens (including phenoxy) is 2. The second kappa shape index (κ2) is 9.86. The Morgan fingerprint density at radius 2 is 2.24 bits per heavy atom. The molecule has 1 saturated heterocycles. The van der Waals surface area contributed by atoms with Crippen LogP contribution < -0.4 is 5.32 Å². The van der Waals surface area contributed by atoms with Crippen LogP contribution in [0.1, 0.15) is 26.2 Å². The molecule has 122 valence electrons. The zero-order valence-electron chi connectivity index (χ0n) is 12.2. The van der Waals surface area contributed by atoms with E-state index in [9.17, 15) is 15.0 Å². The van der Waals surface area contributed by atoms with Crippen molar-refractivity contribution >= 4 is 6.41 Å². The van der Waals surface area contributed by atoms with Crippen LogP contribution in [0.25, 0.3) is 0 Å². The number of aliphatic hydroxyl groups is 3. The predicted octanol–water partition coefficient (Wildman–Crippen LogP) is -0.697. The van der Waals surface area contributed by atoms with Crippen molar-refractivity contribution in [2.24, 2.45) is 0 Å². The lowest BCUT2D eigenvalue weighted by Gasteiger charge is -2.33. The second-order valence-electron chi connectivity index (χ2n) is 4.98. The third-order valence-electron chi connectivity index (χ3n) is 3.36. The van der Waals surface area contributed by atoms with Crippen LogP contribution in [0.15, 0.2) is 12.2 Å². The van der Waals surface area contributed by atoms with Gasteiger partial charge in [-0.1, -0.05) is 19.1 Å². The molecule has 0 bridgehead atoms. The largest absolute Gasteiger partial charge is 0.394 e. The van der Waals surface area contributed by atoms with Crippen molar-refractivity contribution in [2.75, 3.05) is 13.2 Å². The maximum absolute atomic E-state index is 10.6. The zero-order valence-corrected chi connectivity index (χ0v) is 12.2. The maximum Gasteiger partial charge on any atom is 0.207 e. The van der Waals surface area contributed by atoms with Gasteiger partial charge < -0.3 is 30.1 Å². The van der Waals surface area contributed by atoms with Gasteiger partial charge in [-0.15, -0.1) is 0 Å². The first-order chi connectivity index (χ1) is 10.1. The summed E-state index contributed by atoms with van der Waals surface area (Å²) in [4.78, 5) is 10.6. The van der Waals surface area contributed by atoms with Crippen molar-refractivity contribution in [1.29, 1.82) is 0 Å². The van der Waals surface area contributed by atoms with Crippen molar-refractivity contribution in [1.82, 2.24) is 5.32 Å². The van der Waals surface area contributed by atoms with E-state index in [1.165, 1.54) is 0 Å². The van der Waals surface area contributed by atoms with E-state index in [0.717, 1.165) is 6.42 Å². The van der Waals surface area contributed by atoms with Gasteiger partial charge in [-0.05, 0) is 12.8 Å². The first-order valence-electron chi connectivity index (χ1n) is 7.22. The van der Waals surface area contributed by atoms with Gasteiger partial charge in [0.2, 0.25) is 6.41 Å². The lowest BCUT2D eigenvalue weighted by molar-refractivity contribution is -0.232. The molecule has 1 amide bonds. The summed E-state index contributed by atoms with van der Waals surface area (Å²) in [5.74, 6) is 0. The van der Waals surface area contributed by atoms with Crippen LogP contribution in [0.3, 0.4) is 0 Å². The lowest BCUT2D eigenvalue weighted by atomic mass is 10.1. The topological polar surface area (TPSA) is 108 Å². The van der Waals surface area contributed by atoms with Crippen LogP contribution in [-0.4, -0.2) is 65.6 Å². The maximum atomic E-state index is 10.6. The average Bonchev–Trinajstić information content (AvgIpc) is 2.50. The summed E-state index contributed by atoms with van der Waals surface area (Å²) in [5, 5.41) is 31.1. The number of carbonyl (C=O) groups is 1. The SMILES string of the molecule is CCC=CC(O)C(CO[C@@H]1CC[C@@H](O)C(CO)O1)NC=O. The number of hydrogen-bond acceptors (Lipinski definition) is 6. The van der Waals surface area contributed by atoms with Gasteiger partial charge in [0.15, 0.2) is 6.29 Å². The molecule has 0 aromatic carbocycles. The Balaban J connectivity index is 2.45. The fourth-order valence-corrected chi connectivity index (χ4v) is 2.09. The number of amides is 1. The van der Waals surface area contributed by atoms with Crippen LogP contribution in [0.5, 0.6) is 0 Å². The van der Waals surface area contributed by atoms with Gasteiger partial charge in [-0.25, -0.2) is 0 Å². The minimum atomic E-state index is -0.849. The summed E-state index contributed by atoms with van der Waals surface area (Å²) in [5.41, 5.74) is 0. The normalized spacial score (nSPS) is 29.2. The van der Waals surface area contributed by atoms with Gasteiger partial charge in [0.1, 0.15) is 6.10 Å². The fourth-order valence-electron chi connectivity index (χ4n) is 2.09. The molecule has 0 spiro atoms. The Kier molecular flexibility index (Phi) is 8.48. The van der Waals surface area contributed by atoms with E-state index in [-0.39, 0.29) is 13.2 Å².